The van der Waals surface area contributed by atoms with E-state index in [0.717, 1.165) is 18.7 Å². The summed E-state index contributed by atoms with van der Waals surface area (Å²) in [4.78, 5) is 27.9. The Morgan fingerprint density at radius 3 is 2.50 bits per heavy atom. The molecule has 136 valence electrons. The Hall–Kier alpha value is -1.82. The summed E-state index contributed by atoms with van der Waals surface area (Å²) in [6.45, 7) is 9.62. The van der Waals surface area contributed by atoms with Crippen LogP contribution >= 0.6 is 0 Å². The second kappa shape index (κ2) is 9.47. The van der Waals surface area contributed by atoms with Gasteiger partial charge in [-0.1, -0.05) is 6.92 Å². The van der Waals surface area contributed by atoms with Crippen molar-refractivity contribution in [3.63, 3.8) is 0 Å². The molecule has 0 spiro atoms. The first-order chi connectivity index (χ1) is 11.3. The number of nitrogens with one attached hydrogen (secondary N) is 2. The first kappa shape index (κ1) is 20.2. The van der Waals surface area contributed by atoms with Gasteiger partial charge in [0.15, 0.2) is 0 Å². The number of furan rings is 1. The third-order valence-corrected chi connectivity index (χ3v) is 4.18. The van der Waals surface area contributed by atoms with Gasteiger partial charge in [0.05, 0.1) is 32.7 Å². The van der Waals surface area contributed by atoms with E-state index in [9.17, 15) is 9.59 Å². The van der Waals surface area contributed by atoms with Crippen molar-refractivity contribution in [3.8, 4) is 0 Å². The Labute approximate surface area is 145 Å². The third kappa shape index (κ3) is 6.00. The molecule has 0 saturated heterocycles. The molecule has 1 aromatic rings. The van der Waals surface area contributed by atoms with Gasteiger partial charge in [0.1, 0.15) is 11.5 Å². The monoisotopic (exact) mass is 338 g/mol. The Bertz CT molecular complexity index is 552. The normalized spacial score (nSPS) is 12.3. The van der Waals surface area contributed by atoms with Crippen LogP contribution in [0.2, 0.25) is 0 Å². The molecule has 1 atom stereocenters. The highest BCUT2D eigenvalue weighted by molar-refractivity contribution is 5.95. The lowest BCUT2D eigenvalue weighted by Crippen LogP contribution is -3.06. The van der Waals surface area contributed by atoms with Crippen LogP contribution in [0.1, 0.15) is 48.6 Å². The van der Waals surface area contributed by atoms with Gasteiger partial charge in [-0.15, -0.1) is 0 Å². The largest absolute Gasteiger partial charge is 0.466 e. The van der Waals surface area contributed by atoms with Crippen LogP contribution in [0.15, 0.2) is 10.5 Å². The van der Waals surface area contributed by atoms with Crippen molar-refractivity contribution >= 4 is 11.8 Å². The van der Waals surface area contributed by atoms with Crippen molar-refractivity contribution in [1.82, 2.24) is 10.2 Å². The number of hydrogen-bond acceptors (Lipinski definition) is 3. The Kier molecular flexibility index (Phi) is 7.98. The first-order valence-corrected chi connectivity index (χ1v) is 8.70. The van der Waals surface area contributed by atoms with Crippen LogP contribution in [0.4, 0.5) is 0 Å². The molecular formula is C18H32N3O3+. The lowest BCUT2D eigenvalue weighted by Gasteiger charge is -2.28. The molecule has 0 aliphatic heterocycles. The second-order valence-corrected chi connectivity index (χ2v) is 6.64. The van der Waals surface area contributed by atoms with Gasteiger partial charge in [-0.2, -0.15) is 0 Å². The van der Waals surface area contributed by atoms with Crippen LogP contribution in [0.5, 0.6) is 0 Å². The van der Waals surface area contributed by atoms with Gasteiger partial charge in [0, 0.05) is 19.0 Å². The fourth-order valence-corrected chi connectivity index (χ4v) is 2.50. The Morgan fingerprint density at radius 2 is 2.00 bits per heavy atom. The van der Waals surface area contributed by atoms with E-state index in [-0.39, 0.29) is 17.9 Å². The number of rotatable bonds is 9. The second-order valence-electron chi connectivity index (χ2n) is 6.64. The highest BCUT2D eigenvalue weighted by atomic mass is 16.3. The number of likely N-dealkylation sites (N-methyl/N-ethyl adjacent to an activating group) is 1. The van der Waals surface area contributed by atoms with Crippen molar-refractivity contribution in [2.75, 3.05) is 33.7 Å². The van der Waals surface area contributed by atoms with Crippen molar-refractivity contribution in [1.29, 1.82) is 0 Å². The summed E-state index contributed by atoms with van der Waals surface area (Å²) in [7, 11) is 4.09. The zero-order valence-electron chi connectivity index (χ0n) is 15.9. The van der Waals surface area contributed by atoms with Crippen molar-refractivity contribution in [2.45, 2.75) is 46.6 Å². The van der Waals surface area contributed by atoms with Crippen LogP contribution < -0.4 is 10.2 Å². The molecule has 2 N–H and O–H groups in total. The van der Waals surface area contributed by atoms with Gasteiger partial charge in [0.2, 0.25) is 5.91 Å². The van der Waals surface area contributed by atoms with E-state index in [1.807, 2.05) is 34.9 Å². The SMILES string of the molecule is CC[C@@H](C)N(CCC(=O)NCC[NH+](C)C)C(=O)c1cc(C)oc1C. The molecule has 6 heteroatoms. The molecule has 0 fully saturated rings. The minimum atomic E-state index is -0.0655. The average Bonchev–Trinajstić information content (AvgIpc) is 2.85. The van der Waals surface area contributed by atoms with E-state index in [4.69, 9.17) is 4.42 Å². The quantitative estimate of drug-likeness (QED) is 0.699. The van der Waals surface area contributed by atoms with Crippen LogP contribution in [0.25, 0.3) is 0 Å². The molecule has 1 rings (SSSR count). The molecule has 0 aromatic carbocycles. The Balaban J connectivity index is 2.67. The smallest absolute Gasteiger partial charge is 0.257 e. The summed E-state index contributed by atoms with van der Waals surface area (Å²) < 4.78 is 5.47. The summed E-state index contributed by atoms with van der Waals surface area (Å²) >= 11 is 0. The van der Waals surface area contributed by atoms with E-state index in [1.54, 1.807) is 17.9 Å². The topological polar surface area (TPSA) is 67.0 Å². The van der Waals surface area contributed by atoms with Gasteiger partial charge in [-0.3, -0.25) is 9.59 Å². The maximum atomic E-state index is 12.8. The maximum absolute atomic E-state index is 12.8. The average molecular weight is 338 g/mol. The zero-order chi connectivity index (χ0) is 18.3. The van der Waals surface area contributed by atoms with E-state index >= 15 is 0 Å². The molecule has 6 nitrogen and oxygen atoms in total. The Morgan fingerprint density at radius 1 is 1.33 bits per heavy atom. The van der Waals surface area contributed by atoms with Gasteiger partial charge in [0.25, 0.3) is 5.91 Å². The van der Waals surface area contributed by atoms with Gasteiger partial charge < -0.3 is 19.5 Å². The van der Waals surface area contributed by atoms with Gasteiger partial charge in [-0.05, 0) is 33.3 Å². The van der Waals surface area contributed by atoms with Crippen LogP contribution in [0, 0.1) is 13.8 Å². The summed E-state index contributed by atoms with van der Waals surface area (Å²) in [6.07, 6.45) is 1.15. The van der Waals surface area contributed by atoms with E-state index < -0.39 is 0 Å². The number of nitrogens with zero attached hydrogens (tertiary/aromatic N) is 1. The lowest BCUT2D eigenvalue weighted by molar-refractivity contribution is -0.856. The van der Waals surface area contributed by atoms with Gasteiger partial charge >= 0.3 is 0 Å². The summed E-state index contributed by atoms with van der Waals surface area (Å²) in [5.41, 5.74) is 0.587. The van der Waals surface area contributed by atoms with Crippen molar-refractivity contribution < 1.29 is 18.9 Å². The van der Waals surface area contributed by atoms with Crippen LogP contribution in [0.3, 0.4) is 0 Å². The molecule has 1 aromatic heterocycles. The van der Waals surface area contributed by atoms with Crippen molar-refractivity contribution in [3.05, 3.63) is 23.2 Å². The first-order valence-electron chi connectivity index (χ1n) is 8.70. The molecule has 1 heterocycles. The highest BCUT2D eigenvalue weighted by Gasteiger charge is 2.24. The highest BCUT2D eigenvalue weighted by Crippen LogP contribution is 2.18. The molecule has 2 amide bonds. The zero-order valence-corrected chi connectivity index (χ0v) is 15.9. The van der Waals surface area contributed by atoms with E-state index in [2.05, 4.69) is 5.32 Å². The van der Waals surface area contributed by atoms with Crippen LogP contribution in [-0.4, -0.2) is 56.5 Å². The molecular weight excluding hydrogens is 306 g/mol. The third-order valence-electron chi connectivity index (χ3n) is 4.18. The van der Waals surface area contributed by atoms with Gasteiger partial charge in [-0.25, -0.2) is 0 Å². The lowest BCUT2D eigenvalue weighted by atomic mass is 10.1. The summed E-state index contributed by atoms with van der Waals surface area (Å²) in [5, 5.41) is 2.90. The minimum Gasteiger partial charge on any atom is -0.466 e. The van der Waals surface area contributed by atoms with E-state index in [1.165, 1.54) is 4.90 Å². The number of amides is 2. The molecule has 0 bridgehead atoms. The molecule has 24 heavy (non-hydrogen) atoms. The number of carbonyl (C=O) groups is 2. The summed E-state index contributed by atoms with van der Waals surface area (Å²) in [6, 6.07) is 1.85. The number of aryl methyl sites for hydroxylation is 2. The number of hydrogen-bond donors (Lipinski definition) is 2. The molecule has 0 aliphatic carbocycles. The standard InChI is InChI=1S/C18H31N3O3/c1-7-13(2)21(10-8-17(22)19-9-11-20(5)6)18(23)16-12-14(3)24-15(16)4/h12-13H,7-11H2,1-6H3,(H,19,22)/p+1/t13-/m1/s1. The minimum absolute atomic E-state index is 0.0163. The number of carbonyl (C=O) groups excluding carboxylic acids is 2. The predicted molar refractivity (Wildman–Crippen MR) is 94.3 cm³/mol. The molecule has 0 saturated carbocycles. The fourth-order valence-electron chi connectivity index (χ4n) is 2.50. The molecule has 0 unspecified atom stereocenters. The number of quaternary nitrogens is 1. The van der Waals surface area contributed by atoms with Crippen molar-refractivity contribution in [2.24, 2.45) is 0 Å². The predicted octanol–water partition coefficient (Wildman–Crippen LogP) is 0.788. The molecule has 0 radical (unpaired) electrons. The fraction of sp³-hybridized carbons (Fsp3) is 0.667. The summed E-state index contributed by atoms with van der Waals surface area (Å²) in [5.74, 6) is 1.27. The van der Waals surface area contributed by atoms with Crippen LogP contribution in [-0.2, 0) is 4.79 Å². The van der Waals surface area contributed by atoms with E-state index in [0.29, 0.717) is 30.8 Å². The molecule has 0 aliphatic rings. The maximum Gasteiger partial charge on any atom is 0.257 e.